The maximum Gasteiger partial charge on any atom is 0.245 e. The number of aromatic nitrogens is 1. The molecular formula is C14H17BrClN3OS. The Kier molecular flexibility index (Phi) is 6.34. The molecule has 1 aromatic heterocycles. The molecule has 114 valence electrons. The number of nitrogens with zero attached hydrogens (tertiary/aromatic N) is 1. The Bertz CT molecular complexity index is 625. The van der Waals surface area contributed by atoms with E-state index in [1.165, 1.54) is 16.9 Å². The van der Waals surface area contributed by atoms with Crippen LogP contribution in [-0.2, 0) is 11.2 Å². The molecule has 3 N–H and O–H groups in total. The van der Waals surface area contributed by atoms with Crippen LogP contribution >= 0.6 is 39.7 Å². The zero-order chi connectivity index (χ0) is 14.8. The molecule has 0 saturated heterocycles. The van der Waals surface area contributed by atoms with Gasteiger partial charge in [-0.05, 0) is 31.5 Å². The number of thiazole rings is 1. The molecule has 21 heavy (non-hydrogen) atoms. The van der Waals surface area contributed by atoms with Crippen molar-refractivity contribution in [1.29, 1.82) is 0 Å². The molecule has 7 heteroatoms. The predicted molar refractivity (Wildman–Crippen MR) is 93.2 cm³/mol. The van der Waals surface area contributed by atoms with Crippen molar-refractivity contribution < 1.29 is 4.79 Å². The second-order valence-corrected chi connectivity index (χ2v) is 7.15. The molecule has 0 unspecified atom stereocenters. The summed E-state index contributed by atoms with van der Waals surface area (Å²) in [7, 11) is 0. The fraction of sp³-hybridized carbons (Fsp3) is 0.286. The molecule has 0 aliphatic carbocycles. The van der Waals surface area contributed by atoms with Crippen LogP contribution in [0.25, 0.3) is 0 Å². The highest BCUT2D eigenvalue weighted by atomic mass is 79.9. The first-order chi connectivity index (χ1) is 9.34. The van der Waals surface area contributed by atoms with Gasteiger partial charge in [0.05, 0.1) is 5.54 Å². The molecule has 2 aromatic rings. The van der Waals surface area contributed by atoms with Crippen molar-refractivity contribution in [3.63, 3.8) is 0 Å². The standard InChI is InChI=1S/C14H16BrN3OS.ClH/c1-14(2,16)12(19)18-13-17-8-11(20-13)7-9-4-3-5-10(15)6-9;/h3-6,8H,7,16H2,1-2H3,(H,17,18,19);1H. The first-order valence-electron chi connectivity index (χ1n) is 6.14. The molecule has 0 spiro atoms. The highest BCUT2D eigenvalue weighted by Gasteiger charge is 2.22. The number of rotatable bonds is 4. The number of hydrogen-bond donors (Lipinski definition) is 2. The van der Waals surface area contributed by atoms with E-state index < -0.39 is 5.54 Å². The van der Waals surface area contributed by atoms with Crippen LogP contribution in [-0.4, -0.2) is 16.4 Å². The lowest BCUT2D eigenvalue weighted by molar-refractivity contribution is -0.120. The fourth-order valence-electron chi connectivity index (χ4n) is 1.55. The summed E-state index contributed by atoms with van der Waals surface area (Å²) in [5.74, 6) is -0.235. The maximum atomic E-state index is 11.8. The Labute approximate surface area is 142 Å². The largest absolute Gasteiger partial charge is 0.318 e. The van der Waals surface area contributed by atoms with Crippen LogP contribution in [0.2, 0.25) is 0 Å². The summed E-state index contributed by atoms with van der Waals surface area (Å²) in [6.45, 7) is 3.33. The Balaban J connectivity index is 0.00000220. The number of anilines is 1. The van der Waals surface area contributed by atoms with Crippen LogP contribution < -0.4 is 11.1 Å². The molecule has 0 radical (unpaired) electrons. The minimum absolute atomic E-state index is 0. The summed E-state index contributed by atoms with van der Waals surface area (Å²) in [6.07, 6.45) is 2.57. The van der Waals surface area contributed by atoms with Gasteiger partial charge in [0.2, 0.25) is 5.91 Å². The molecule has 0 fully saturated rings. The highest BCUT2D eigenvalue weighted by Crippen LogP contribution is 2.23. The fourth-order valence-corrected chi connectivity index (χ4v) is 2.84. The summed E-state index contributed by atoms with van der Waals surface area (Å²) in [5, 5.41) is 3.32. The number of nitrogens with one attached hydrogen (secondary N) is 1. The quantitative estimate of drug-likeness (QED) is 0.838. The minimum Gasteiger partial charge on any atom is -0.318 e. The van der Waals surface area contributed by atoms with Gasteiger partial charge in [0.25, 0.3) is 0 Å². The van der Waals surface area contributed by atoms with E-state index >= 15 is 0 Å². The summed E-state index contributed by atoms with van der Waals surface area (Å²) < 4.78 is 1.05. The smallest absolute Gasteiger partial charge is 0.245 e. The van der Waals surface area contributed by atoms with Crippen LogP contribution in [0.15, 0.2) is 34.9 Å². The van der Waals surface area contributed by atoms with E-state index in [4.69, 9.17) is 5.73 Å². The average molecular weight is 391 g/mol. The van der Waals surface area contributed by atoms with Gasteiger partial charge in [0.1, 0.15) is 0 Å². The second kappa shape index (κ2) is 7.35. The maximum absolute atomic E-state index is 11.8. The lowest BCUT2D eigenvalue weighted by Gasteiger charge is -2.16. The first-order valence-corrected chi connectivity index (χ1v) is 7.75. The monoisotopic (exact) mass is 389 g/mol. The third-order valence-corrected chi connectivity index (χ3v) is 4.03. The van der Waals surface area contributed by atoms with Gasteiger partial charge in [-0.2, -0.15) is 0 Å². The summed E-state index contributed by atoms with van der Waals surface area (Å²) in [6, 6.07) is 8.12. The second-order valence-electron chi connectivity index (χ2n) is 5.11. The third kappa shape index (κ3) is 5.39. The molecular weight excluding hydrogens is 374 g/mol. The van der Waals surface area contributed by atoms with Gasteiger partial charge in [-0.3, -0.25) is 4.79 Å². The Morgan fingerprint density at radius 2 is 2.19 bits per heavy atom. The molecule has 1 aromatic carbocycles. The van der Waals surface area contributed by atoms with Gasteiger partial charge in [-0.15, -0.1) is 23.7 Å². The van der Waals surface area contributed by atoms with Gasteiger partial charge in [0, 0.05) is 22.0 Å². The SMILES string of the molecule is CC(C)(N)C(=O)Nc1ncc(Cc2cccc(Br)c2)s1.Cl. The van der Waals surface area contributed by atoms with Gasteiger partial charge in [0.15, 0.2) is 5.13 Å². The lowest BCUT2D eigenvalue weighted by Crippen LogP contribution is -2.45. The summed E-state index contributed by atoms with van der Waals surface area (Å²) in [5.41, 5.74) is 6.02. The number of halogens is 2. The van der Waals surface area contributed by atoms with Crippen molar-refractivity contribution in [2.75, 3.05) is 5.32 Å². The molecule has 0 aliphatic heterocycles. The Morgan fingerprint density at radius 3 is 2.81 bits per heavy atom. The minimum atomic E-state index is -0.907. The van der Waals surface area contributed by atoms with Crippen molar-refractivity contribution >= 4 is 50.7 Å². The topological polar surface area (TPSA) is 68.0 Å². The van der Waals surface area contributed by atoms with Gasteiger partial charge in [-0.25, -0.2) is 4.98 Å². The first kappa shape index (κ1) is 18.1. The van der Waals surface area contributed by atoms with Gasteiger partial charge in [-0.1, -0.05) is 28.1 Å². The molecule has 2 rings (SSSR count). The van der Waals surface area contributed by atoms with Crippen LogP contribution in [0.3, 0.4) is 0 Å². The Morgan fingerprint density at radius 1 is 1.48 bits per heavy atom. The number of hydrogen-bond acceptors (Lipinski definition) is 4. The molecule has 0 atom stereocenters. The number of amides is 1. The molecule has 1 heterocycles. The Hall–Kier alpha value is -0.950. The van der Waals surface area contributed by atoms with Crippen molar-refractivity contribution in [2.45, 2.75) is 25.8 Å². The number of nitrogens with two attached hydrogens (primary N) is 1. The predicted octanol–water partition coefficient (Wildman–Crippen LogP) is 3.59. The van der Waals surface area contributed by atoms with E-state index in [-0.39, 0.29) is 18.3 Å². The average Bonchev–Trinajstić information content (AvgIpc) is 2.75. The number of carbonyl (C=O) groups excluding carboxylic acids is 1. The molecule has 0 bridgehead atoms. The molecule has 0 aliphatic rings. The zero-order valence-corrected chi connectivity index (χ0v) is 14.9. The molecule has 4 nitrogen and oxygen atoms in total. The van der Waals surface area contributed by atoms with Gasteiger partial charge >= 0.3 is 0 Å². The van der Waals surface area contributed by atoms with Crippen molar-refractivity contribution in [2.24, 2.45) is 5.73 Å². The van der Waals surface area contributed by atoms with Crippen molar-refractivity contribution in [3.8, 4) is 0 Å². The van der Waals surface area contributed by atoms with E-state index in [2.05, 4.69) is 38.4 Å². The van der Waals surface area contributed by atoms with E-state index in [1.807, 2.05) is 12.1 Å². The number of benzene rings is 1. The van der Waals surface area contributed by atoms with Crippen LogP contribution in [0.5, 0.6) is 0 Å². The van der Waals surface area contributed by atoms with E-state index in [9.17, 15) is 4.79 Å². The lowest BCUT2D eigenvalue weighted by atomic mass is 10.1. The van der Waals surface area contributed by atoms with Crippen LogP contribution in [0.4, 0.5) is 5.13 Å². The zero-order valence-electron chi connectivity index (χ0n) is 11.7. The van der Waals surface area contributed by atoms with Crippen molar-refractivity contribution in [3.05, 3.63) is 45.4 Å². The summed E-state index contributed by atoms with van der Waals surface area (Å²) in [4.78, 5) is 17.1. The normalized spacial score (nSPS) is 10.9. The molecule has 1 amide bonds. The molecule has 0 saturated carbocycles. The third-order valence-electron chi connectivity index (χ3n) is 2.63. The number of carbonyl (C=O) groups is 1. The van der Waals surface area contributed by atoms with Crippen LogP contribution in [0.1, 0.15) is 24.3 Å². The van der Waals surface area contributed by atoms with Crippen LogP contribution in [0, 0.1) is 0 Å². The van der Waals surface area contributed by atoms with E-state index in [0.717, 1.165) is 15.8 Å². The summed E-state index contributed by atoms with van der Waals surface area (Å²) >= 11 is 4.92. The van der Waals surface area contributed by atoms with E-state index in [1.54, 1.807) is 20.0 Å². The highest BCUT2D eigenvalue weighted by molar-refractivity contribution is 9.10. The van der Waals surface area contributed by atoms with E-state index in [0.29, 0.717) is 5.13 Å². The van der Waals surface area contributed by atoms with Gasteiger partial charge < -0.3 is 11.1 Å². The van der Waals surface area contributed by atoms with Crippen molar-refractivity contribution in [1.82, 2.24) is 4.98 Å².